The van der Waals surface area contributed by atoms with Crippen LogP contribution in [0.2, 0.25) is 0 Å². The average molecular weight is 270 g/mol. The zero-order valence-corrected chi connectivity index (χ0v) is 10.5. The predicted octanol–water partition coefficient (Wildman–Crippen LogP) is 3.84. The van der Waals surface area contributed by atoms with Gasteiger partial charge in [0.1, 0.15) is 5.75 Å². The fourth-order valence-electron chi connectivity index (χ4n) is 1.25. The van der Waals surface area contributed by atoms with Gasteiger partial charge in [-0.3, -0.25) is 0 Å². The van der Waals surface area contributed by atoms with Gasteiger partial charge in [0, 0.05) is 18.3 Å². The lowest BCUT2D eigenvalue weighted by Gasteiger charge is -2.08. The summed E-state index contributed by atoms with van der Waals surface area (Å²) >= 11 is 3.42. The van der Waals surface area contributed by atoms with Crippen molar-refractivity contribution in [3.8, 4) is 5.75 Å². The molecule has 0 bridgehead atoms. The number of ether oxygens (including phenoxy) is 1. The van der Waals surface area contributed by atoms with Crippen molar-refractivity contribution in [1.82, 2.24) is 0 Å². The molecule has 15 heavy (non-hydrogen) atoms. The van der Waals surface area contributed by atoms with Crippen LogP contribution in [-0.2, 0) is 0 Å². The first-order valence-electron chi connectivity index (χ1n) is 4.96. The van der Waals surface area contributed by atoms with Crippen molar-refractivity contribution in [2.75, 3.05) is 19.0 Å². The minimum Gasteiger partial charge on any atom is -0.495 e. The molecular formula is C12H16BrNO. The Morgan fingerprint density at radius 2 is 2.33 bits per heavy atom. The highest BCUT2D eigenvalue weighted by Crippen LogP contribution is 2.27. The molecule has 0 radical (unpaired) electrons. The minimum atomic E-state index is 0.851. The van der Waals surface area contributed by atoms with Crippen molar-refractivity contribution in [3.05, 3.63) is 35.3 Å². The molecule has 0 saturated carbocycles. The Morgan fingerprint density at radius 3 is 3.00 bits per heavy atom. The summed E-state index contributed by atoms with van der Waals surface area (Å²) in [5.74, 6) is 0.851. The maximum absolute atomic E-state index is 5.21. The molecule has 2 nitrogen and oxygen atoms in total. The monoisotopic (exact) mass is 269 g/mol. The predicted molar refractivity (Wildman–Crippen MR) is 68.6 cm³/mol. The number of unbranched alkanes of at least 4 members (excludes halogenated alkanes) is 1. The van der Waals surface area contributed by atoms with Gasteiger partial charge < -0.3 is 10.1 Å². The summed E-state index contributed by atoms with van der Waals surface area (Å²) in [5.41, 5.74) is 1.08. The smallest absolute Gasteiger partial charge is 0.135 e. The molecule has 3 heteroatoms. The Morgan fingerprint density at radius 1 is 1.53 bits per heavy atom. The van der Waals surface area contributed by atoms with E-state index < -0.39 is 0 Å². The molecule has 0 aliphatic carbocycles. The van der Waals surface area contributed by atoms with E-state index in [4.69, 9.17) is 4.74 Å². The summed E-state index contributed by atoms with van der Waals surface area (Å²) in [5, 5.41) is 3.33. The highest BCUT2D eigenvalue weighted by molar-refractivity contribution is 9.10. The van der Waals surface area contributed by atoms with Gasteiger partial charge in [-0.05, 0) is 40.9 Å². The lowest BCUT2D eigenvalue weighted by Crippen LogP contribution is -2.01. The van der Waals surface area contributed by atoms with E-state index in [1.54, 1.807) is 7.11 Å². The molecule has 82 valence electrons. The van der Waals surface area contributed by atoms with Crippen LogP contribution in [0.1, 0.15) is 12.8 Å². The molecule has 0 saturated heterocycles. The van der Waals surface area contributed by atoms with E-state index in [0.717, 1.165) is 35.3 Å². The van der Waals surface area contributed by atoms with Crippen LogP contribution in [-0.4, -0.2) is 13.7 Å². The fourth-order valence-corrected chi connectivity index (χ4v) is 1.66. The third-order valence-corrected chi connectivity index (χ3v) is 2.72. The molecule has 1 N–H and O–H groups in total. The quantitative estimate of drug-likeness (QED) is 0.626. The van der Waals surface area contributed by atoms with Crippen LogP contribution in [0.4, 0.5) is 5.69 Å². The van der Waals surface area contributed by atoms with Crippen molar-refractivity contribution in [2.24, 2.45) is 0 Å². The number of hydrogen-bond acceptors (Lipinski definition) is 2. The molecule has 0 atom stereocenters. The summed E-state index contributed by atoms with van der Waals surface area (Å²) in [6, 6.07) is 5.99. The van der Waals surface area contributed by atoms with E-state index >= 15 is 0 Å². The van der Waals surface area contributed by atoms with Crippen LogP contribution < -0.4 is 10.1 Å². The highest BCUT2D eigenvalue weighted by atomic mass is 79.9. The summed E-state index contributed by atoms with van der Waals surface area (Å²) in [6.45, 7) is 4.65. The maximum Gasteiger partial charge on any atom is 0.135 e. The lowest BCUT2D eigenvalue weighted by molar-refractivity contribution is 0.412. The highest BCUT2D eigenvalue weighted by Gasteiger charge is 2.00. The van der Waals surface area contributed by atoms with Gasteiger partial charge in [-0.15, -0.1) is 6.58 Å². The van der Waals surface area contributed by atoms with Gasteiger partial charge >= 0.3 is 0 Å². The summed E-state index contributed by atoms with van der Waals surface area (Å²) in [7, 11) is 1.67. The van der Waals surface area contributed by atoms with E-state index in [0.29, 0.717) is 0 Å². The standard InChI is InChI=1S/C12H16BrNO/c1-3-4-5-8-14-10-6-7-11(13)12(9-10)15-2/h3,6-7,9,14H,1,4-5,8H2,2H3. The Bertz CT molecular complexity index is 325. The molecule has 0 aromatic heterocycles. The van der Waals surface area contributed by atoms with Crippen LogP contribution in [0.15, 0.2) is 35.3 Å². The topological polar surface area (TPSA) is 21.3 Å². The number of allylic oxidation sites excluding steroid dienone is 1. The van der Waals surface area contributed by atoms with E-state index in [1.165, 1.54) is 0 Å². The Kier molecular flexibility index (Phi) is 5.26. The first-order valence-corrected chi connectivity index (χ1v) is 5.75. The van der Waals surface area contributed by atoms with Crippen LogP contribution in [0.25, 0.3) is 0 Å². The van der Waals surface area contributed by atoms with E-state index in [9.17, 15) is 0 Å². The van der Waals surface area contributed by atoms with Crippen molar-refractivity contribution in [1.29, 1.82) is 0 Å². The summed E-state index contributed by atoms with van der Waals surface area (Å²) in [6.07, 6.45) is 4.08. The van der Waals surface area contributed by atoms with Crippen molar-refractivity contribution in [3.63, 3.8) is 0 Å². The van der Waals surface area contributed by atoms with Crippen molar-refractivity contribution in [2.45, 2.75) is 12.8 Å². The third kappa shape index (κ3) is 3.96. The number of anilines is 1. The molecule has 0 unspecified atom stereocenters. The first-order chi connectivity index (χ1) is 7.27. The first kappa shape index (κ1) is 12.1. The fraction of sp³-hybridized carbons (Fsp3) is 0.333. The number of rotatable bonds is 6. The van der Waals surface area contributed by atoms with Crippen molar-refractivity contribution >= 4 is 21.6 Å². The van der Waals surface area contributed by atoms with Gasteiger partial charge in [-0.1, -0.05) is 6.08 Å². The molecule has 0 spiro atoms. The second kappa shape index (κ2) is 6.51. The molecule has 0 amide bonds. The van der Waals surface area contributed by atoms with E-state index in [2.05, 4.69) is 27.8 Å². The van der Waals surface area contributed by atoms with E-state index in [1.807, 2.05) is 24.3 Å². The Hall–Kier alpha value is -0.960. The van der Waals surface area contributed by atoms with Gasteiger partial charge in [-0.25, -0.2) is 0 Å². The van der Waals surface area contributed by atoms with E-state index in [-0.39, 0.29) is 0 Å². The number of hydrogen-bond donors (Lipinski definition) is 1. The molecule has 1 rings (SSSR count). The number of methoxy groups -OCH3 is 1. The Balaban J connectivity index is 2.50. The zero-order valence-electron chi connectivity index (χ0n) is 8.92. The van der Waals surface area contributed by atoms with Gasteiger partial charge in [0.15, 0.2) is 0 Å². The molecule has 1 aromatic rings. The molecule has 0 fully saturated rings. The number of nitrogens with one attached hydrogen (secondary N) is 1. The number of halogens is 1. The van der Waals surface area contributed by atoms with Crippen molar-refractivity contribution < 1.29 is 4.74 Å². The van der Waals surface area contributed by atoms with Gasteiger partial charge in [0.05, 0.1) is 11.6 Å². The normalized spacial score (nSPS) is 9.73. The lowest BCUT2D eigenvalue weighted by atomic mass is 10.2. The minimum absolute atomic E-state index is 0.851. The summed E-state index contributed by atoms with van der Waals surface area (Å²) < 4.78 is 6.18. The molecule has 0 heterocycles. The SMILES string of the molecule is C=CCCCNc1ccc(Br)c(OC)c1. The van der Waals surface area contributed by atoms with Crippen LogP contribution >= 0.6 is 15.9 Å². The number of benzene rings is 1. The molecular weight excluding hydrogens is 254 g/mol. The molecule has 1 aromatic carbocycles. The largest absolute Gasteiger partial charge is 0.495 e. The van der Waals surface area contributed by atoms with Crippen LogP contribution in [0, 0.1) is 0 Å². The average Bonchev–Trinajstić information content (AvgIpc) is 2.26. The molecule has 0 aliphatic heterocycles. The third-order valence-electron chi connectivity index (χ3n) is 2.07. The summed E-state index contributed by atoms with van der Waals surface area (Å²) in [4.78, 5) is 0. The van der Waals surface area contributed by atoms with Gasteiger partial charge in [0.25, 0.3) is 0 Å². The zero-order chi connectivity index (χ0) is 11.1. The second-order valence-electron chi connectivity index (χ2n) is 3.21. The Labute approximate surface area is 99.5 Å². The van der Waals surface area contributed by atoms with Gasteiger partial charge in [0.2, 0.25) is 0 Å². The maximum atomic E-state index is 5.21. The molecule has 0 aliphatic rings. The second-order valence-corrected chi connectivity index (χ2v) is 4.06. The van der Waals surface area contributed by atoms with Crippen LogP contribution in [0.5, 0.6) is 5.75 Å². The van der Waals surface area contributed by atoms with Gasteiger partial charge in [-0.2, -0.15) is 0 Å². The van der Waals surface area contributed by atoms with Crippen LogP contribution in [0.3, 0.4) is 0 Å².